The van der Waals surface area contributed by atoms with E-state index >= 15 is 0 Å². The summed E-state index contributed by atoms with van der Waals surface area (Å²) in [5, 5.41) is 7.54. The number of hydrogen-bond donors (Lipinski definition) is 1. The number of aromatic nitrogens is 2. The zero-order valence-corrected chi connectivity index (χ0v) is 12.1. The van der Waals surface area contributed by atoms with Crippen LogP contribution in [0.2, 0.25) is 0 Å². The third-order valence-electron chi connectivity index (χ3n) is 3.23. The van der Waals surface area contributed by atoms with Gasteiger partial charge in [0.2, 0.25) is 0 Å². The largest absolute Gasteiger partial charge is 0.494 e. The van der Waals surface area contributed by atoms with E-state index in [1.165, 1.54) is 13.2 Å². The van der Waals surface area contributed by atoms with Crippen LogP contribution in [0.15, 0.2) is 30.6 Å². The van der Waals surface area contributed by atoms with E-state index in [0.29, 0.717) is 0 Å². The summed E-state index contributed by atoms with van der Waals surface area (Å²) in [7, 11) is 3.36. The topological polar surface area (TPSA) is 39.1 Å². The van der Waals surface area contributed by atoms with Crippen molar-refractivity contribution >= 4 is 0 Å². The van der Waals surface area contributed by atoms with E-state index in [1.807, 2.05) is 32.4 Å². The number of benzene rings is 1. The van der Waals surface area contributed by atoms with Crippen molar-refractivity contribution in [3.63, 3.8) is 0 Å². The molecule has 0 aliphatic heterocycles. The number of aryl methyl sites for hydroxylation is 1. The molecule has 1 atom stereocenters. The molecule has 0 saturated carbocycles. The molecule has 0 bridgehead atoms. The van der Waals surface area contributed by atoms with Crippen LogP contribution < -0.4 is 10.1 Å². The normalized spacial score (nSPS) is 12.4. The molecule has 0 amide bonds. The number of ether oxygens (including phenoxy) is 1. The predicted octanol–water partition coefficient (Wildman–Crippen LogP) is 2.46. The lowest BCUT2D eigenvalue weighted by molar-refractivity contribution is 0.385. The number of halogens is 1. The molecule has 1 aromatic heterocycles. The van der Waals surface area contributed by atoms with Crippen molar-refractivity contribution in [2.75, 3.05) is 13.7 Å². The second-order valence-electron chi connectivity index (χ2n) is 4.73. The van der Waals surface area contributed by atoms with Gasteiger partial charge in [0.1, 0.15) is 0 Å². The second-order valence-corrected chi connectivity index (χ2v) is 4.73. The Balaban J connectivity index is 2.21. The van der Waals surface area contributed by atoms with Gasteiger partial charge in [-0.25, -0.2) is 4.39 Å². The minimum absolute atomic E-state index is 0.0598. The SMILES string of the molecule is CCNC(Cc1cnn(C)c1)c1ccc(OC)c(F)c1. The molecule has 0 fully saturated rings. The molecule has 0 radical (unpaired) electrons. The molecule has 0 saturated heterocycles. The van der Waals surface area contributed by atoms with Crippen LogP contribution in [0, 0.1) is 5.82 Å². The fraction of sp³-hybridized carbons (Fsp3) is 0.400. The van der Waals surface area contributed by atoms with Crippen LogP contribution >= 0.6 is 0 Å². The first-order valence-electron chi connectivity index (χ1n) is 6.68. The number of nitrogens with zero attached hydrogens (tertiary/aromatic N) is 2. The van der Waals surface area contributed by atoms with Gasteiger partial charge < -0.3 is 10.1 Å². The number of hydrogen-bond acceptors (Lipinski definition) is 3. The lowest BCUT2D eigenvalue weighted by Gasteiger charge is -2.18. The molecule has 1 N–H and O–H groups in total. The van der Waals surface area contributed by atoms with Crippen LogP contribution in [0.1, 0.15) is 24.1 Å². The summed E-state index contributed by atoms with van der Waals surface area (Å²) in [4.78, 5) is 0. The van der Waals surface area contributed by atoms with E-state index in [-0.39, 0.29) is 17.6 Å². The first-order valence-corrected chi connectivity index (χ1v) is 6.68. The van der Waals surface area contributed by atoms with Crippen LogP contribution in [-0.4, -0.2) is 23.4 Å². The average molecular weight is 277 g/mol. The highest BCUT2D eigenvalue weighted by atomic mass is 19.1. The predicted molar refractivity (Wildman–Crippen MR) is 76.3 cm³/mol. The maximum absolute atomic E-state index is 13.8. The molecular formula is C15H20FN3O. The molecule has 0 spiro atoms. The summed E-state index contributed by atoms with van der Waals surface area (Å²) in [5.74, 6) is -0.0653. The van der Waals surface area contributed by atoms with Gasteiger partial charge in [0.05, 0.1) is 13.3 Å². The first kappa shape index (κ1) is 14.5. The average Bonchev–Trinajstić information content (AvgIpc) is 2.83. The molecule has 1 aromatic carbocycles. The monoisotopic (exact) mass is 277 g/mol. The second kappa shape index (κ2) is 6.52. The van der Waals surface area contributed by atoms with Crippen LogP contribution in [0.3, 0.4) is 0 Å². The van der Waals surface area contributed by atoms with Crippen molar-refractivity contribution in [1.29, 1.82) is 0 Å². The molecule has 4 nitrogen and oxygen atoms in total. The Morgan fingerprint density at radius 3 is 2.80 bits per heavy atom. The zero-order valence-electron chi connectivity index (χ0n) is 12.1. The zero-order chi connectivity index (χ0) is 14.5. The standard InChI is InChI=1S/C15H20FN3O/c1-4-17-14(7-11-9-18-19(2)10-11)12-5-6-15(20-3)13(16)8-12/h5-6,8-10,14,17H,4,7H2,1-3H3. The van der Waals surface area contributed by atoms with Crippen LogP contribution in [0.5, 0.6) is 5.75 Å². The smallest absolute Gasteiger partial charge is 0.165 e. The fourth-order valence-electron chi connectivity index (χ4n) is 2.27. The van der Waals surface area contributed by atoms with Gasteiger partial charge in [-0.2, -0.15) is 5.10 Å². The van der Waals surface area contributed by atoms with Gasteiger partial charge >= 0.3 is 0 Å². The number of likely N-dealkylation sites (N-methyl/N-ethyl adjacent to an activating group) is 1. The van der Waals surface area contributed by atoms with Gasteiger partial charge in [-0.3, -0.25) is 4.68 Å². The van der Waals surface area contributed by atoms with Gasteiger partial charge in [-0.05, 0) is 36.2 Å². The number of nitrogens with one attached hydrogen (secondary N) is 1. The summed E-state index contributed by atoms with van der Waals surface area (Å²) < 4.78 is 20.5. The van der Waals surface area contributed by atoms with Crippen LogP contribution in [0.25, 0.3) is 0 Å². The molecule has 2 aromatic rings. The summed E-state index contributed by atoms with van der Waals surface area (Å²) >= 11 is 0. The minimum atomic E-state index is -0.334. The van der Waals surface area contributed by atoms with Crippen LogP contribution in [-0.2, 0) is 13.5 Å². The Bertz CT molecular complexity index is 568. The lowest BCUT2D eigenvalue weighted by atomic mass is 10.0. The Morgan fingerprint density at radius 1 is 1.45 bits per heavy atom. The maximum Gasteiger partial charge on any atom is 0.165 e. The summed E-state index contributed by atoms with van der Waals surface area (Å²) in [6.45, 7) is 2.86. The van der Waals surface area contributed by atoms with Gasteiger partial charge in [-0.1, -0.05) is 13.0 Å². The summed E-state index contributed by atoms with van der Waals surface area (Å²) in [5.41, 5.74) is 2.03. The summed E-state index contributed by atoms with van der Waals surface area (Å²) in [6, 6.07) is 5.15. The van der Waals surface area contributed by atoms with Crippen molar-refractivity contribution < 1.29 is 9.13 Å². The Kier molecular flexibility index (Phi) is 4.74. The van der Waals surface area contributed by atoms with Gasteiger partial charge in [0.25, 0.3) is 0 Å². The highest BCUT2D eigenvalue weighted by Gasteiger charge is 2.14. The third kappa shape index (κ3) is 3.36. The lowest BCUT2D eigenvalue weighted by Crippen LogP contribution is -2.23. The Hall–Kier alpha value is -1.88. The minimum Gasteiger partial charge on any atom is -0.494 e. The molecule has 5 heteroatoms. The number of rotatable bonds is 6. The highest BCUT2D eigenvalue weighted by molar-refractivity contribution is 5.31. The maximum atomic E-state index is 13.8. The van der Waals surface area contributed by atoms with E-state index in [2.05, 4.69) is 10.4 Å². The van der Waals surface area contributed by atoms with E-state index in [1.54, 1.807) is 10.7 Å². The highest BCUT2D eigenvalue weighted by Crippen LogP contribution is 2.24. The van der Waals surface area contributed by atoms with Crippen molar-refractivity contribution in [3.05, 3.63) is 47.5 Å². The number of methoxy groups -OCH3 is 1. The Morgan fingerprint density at radius 2 is 2.25 bits per heavy atom. The van der Waals surface area contributed by atoms with E-state index in [4.69, 9.17) is 4.74 Å². The molecular weight excluding hydrogens is 257 g/mol. The molecule has 0 aliphatic carbocycles. The van der Waals surface area contributed by atoms with E-state index < -0.39 is 0 Å². The van der Waals surface area contributed by atoms with Crippen molar-refractivity contribution in [2.24, 2.45) is 7.05 Å². The third-order valence-corrected chi connectivity index (χ3v) is 3.23. The fourth-order valence-corrected chi connectivity index (χ4v) is 2.27. The summed E-state index contributed by atoms with van der Waals surface area (Å²) in [6.07, 6.45) is 4.59. The van der Waals surface area contributed by atoms with Gasteiger partial charge in [0.15, 0.2) is 11.6 Å². The van der Waals surface area contributed by atoms with E-state index in [9.17, 15) is 4.39 Å². The van der Waals surface area contributed by atoms with E-state index in [0.717, 1.165) is 24.1 Å². The van der Waals surface area contributed by atoms with Gasteiger partial charge in [0, 0.05) is 19.3 Å². The quantitative estimate of drug-likeness (QED) is 0.881. The molecule has 1 unspecified atom stereocenters. The molecule has 20 heavy (non-hydrogen) atoms. The Labute approximate surface area is 118 Å². The molecule has 108 valence electrons. The molecule has 0 aliphatic rings. The van der Waals surface area contributed by atoms with Crippen molar-refractivity contribution in [3.8, 4) is 5.75 Å². The molecule has 2 rings (SSSR count). The van der Waals surface area contributed by atoms with Gasteiger partial charge in [-0.15, -0.1) is 0 Å². The van der Waals surface area contributed by atoms with Crippen molar-refractivity contribution in [1.82, 2.24) is 15.1 Å². The van der Waals surface area contributed by atoms with Crippen LogP contribution in [0.4, 0.5) is 4.39 Å². The molecule has 1 heterocycles. The van der Waals surface area contributed by atoms with Crippen molar-refractivity contribution in [2.45, 2.75) is 19.4 Å². The first-order chi connectivity index (χ1) is 9.63.